The molecule has 3 aromatic rings. The number of hydrogen-bond donors (Lipinski definition) is 0. The van der Waals surface area contributed by atoms with Gasteiger partial charge in [0.2, 0.25) is 0 Å². The molecule has 24 heavy (non-hydrogen) atoms. The van der Waals surface area contributed by atoms with Gasteiger partial charge in [-0.05, 0) is 36.8 Å². The molecule has 1 aliphatic rings. The Hall–Kier alpha value is -2.69. The Balaban J connectivity index is 1.50. The van der Waals surface area contributed by atoms with Gasteiger partial charge in [0, 0.05) is 25.5 Å². The van der Waals surface area contributed by atoms with Crippen LogP contribution in [0.15, 0.2) is 61.2 Å². The fourth-order valence-electron chi connectivity index (χ4n) is 3.40. The topological polar surface area (TPSA) is 46.8 Å². The summed E-state index contributed by atoms with van der Waals surface area (Å²) in [6.07, 6.45) is 10.8. The minimum atomic E-state index is 0.637. The molecule has 3 heterocycles. The quantitative estimate of drug-likeness (QED) is 0.742. The second-order valence-corrected chi connectivity index (χ2v) is 6.21. The standard InChI is InChI=1S/C19H21N5/c1-2-6-16(7-3-1)17-8-4-11-23(13-9-17)18-14-20-15-19(22-18)24-12-5-10-21-24/h1-3,5-7,10,12,14-15,17H,4,8-9,11,13H2. The molecule has 0 N–H and O–H groups in total. The highest BCUT2D eigenvalue weighted by Gasteiger charge is 2.19. The highest BCUT2D eigenvalue weighted by atomic mass is 15.3. The molecule has 1 aromatic carbocycles. The van der Waals surface area contributed by atoms with Crippen molar-refractivity contribution in [2.75, 3.05) is 18.0 Å². The lowest BCUT2D eigenvalue weighted by molar-refractivity contribution is 0.612. The molecule has 2 aromatic heterocycles. The van der Waals surface area contributed by atoms with Crippen LogP contribution in [0.4, 0.5) is 5.82 Å². The number of aromatic nitrogens is 4. The van der Waals surface area contributed by atoms with Gasteiger partial charge in [0.05, 0.1) is 12.4 Å². The fraction of sp³-hybridized carbons (Fsp3) is 0.316. The summed E-state index contributed by atoms with van der Waals surface area (Å²) in [4.78, 5) is 11.5. The number of benzene rings is 1. The van der Waals surface area contributed by atoms with E-state index < -0.39 is 0 Å². The Morgan fingerprint density at radius 2 is 1.79 bits per heavy atom. The molecule has 122 valence electrons. The molecule has 1 aliphatic heterocycles. The van der Waals surface area contributed by atoms with E-state index in [1.54, 1.807) is 17.1 Å². The molecule has 0 saturated carbocycles. The molecule has 0 aliphatic carbocycles. The third-order valence-corrected chi connectivity index (χ3v) is 4.67. The zero-order valence-electron chi connectivity index (χ0n) is 13.6. The summed E-state index contributed by atoms with van der Waals surface area (Å²) in [5, 5.41) is 4.24. The molecule has 4 rings (SSSR count). The van der Waals surface area contributed by atoms with Gasteiger partial charge in [0.25, 0.3) is 0 Å². The van der Waals surface area contributed by atoms with E-state index in [9.17, 15) is 0 Å². The third kappa shape index (κ3) is 3.15. The Morgan fingerprint density at radius 1 is 0.917 bits per heavy atom. The van der Waals surface area contributed by atoms with Crippen molar-refractivity contribution in [3.8, 4) is 5.82 Å². The Morgan fingerprint density at radius 3 is 2.62 bits per heavy atom. The summed E-state index contributed by atoms with van der Waals surface area (Å²) < 4.78 is 1.75. The average molecular weight is 319 g/mol. The van der Waals surface area contributed by atoms with Crippen LogP contribution in [0.2, 0.25) is 0 Å². The zero-order chi connectivity index (χ0) is 16.2. The monoisotopic (exact) mass is 319 g/mol. The second kappa shape index (κ2) is 6.83. The van der Waals surface area contributed by atoms with Crippen LogP contribution in [0.25, 0.3) is 5.82 Å². The lowest BCUT2D eigenvalue weighted by Crippen LogP contribution is -2.25. The van der Waals surface area contributed by atoms with Crippen LogP contribution in [0.1, 0.15) is 30.7 Å². The minimum Gasteiger partial charge on any atom is -0.355 e. The molecule has 1 unspecified atom stereocenters. The Labute approximate surface area is 142 Å². The highest BCUT2D eigenvalue weighted by Crippen LogP contribution is 2.29. The maximum atomic E-state index is 4.74. The van der Waals surface area contributed by atoms with Gasteiger partial charge in [-0.25, -0.2) is 9.67 Å². The largest absolute Gasteiger partial charge is 0.355 e. The molecular weight excluding hydrogens is 298 g/mol. The normalized spacial score (nSPS) is 18.3. The molecule has 1 atom stereocenters. The molecule has 0 spiro atoms. The lowest BCUT2D eigenvalue weighted by Gasteiger charge is -2.21. The van der Waals surface area contributed by atoms with Gasteiger partial charge >= 0.3 is 0 Å². The van der Waals surface area contributed by atoms with Crippen molar-refractivity contribution in [1.82, 2.24) is 19.7 Å². The van der Waals surface area contributed by atoms with E-state index >= 15 is 0 Å². The molecule has 5 heteroatoms. The molecular formula is C19H21N5. The predicted octanol–water partition coefficient (Wildman–Crippen LogP) is 3.44. The van der Waals surface area contributed by atoms with Crippen LogP contribution in [-0.2, 0) is 0 Å². The Bertz CT molecular complexity index is 769. The van der Waals surface area contributed by atoms with Crippen LogP contribution in [0, 0.1) is 0 Å². The van der Waals surface area contributed by atoms with Gasteiger partial charge in [-0.15, -0.1) is 0 Å². The van der Waals surface area contributed by atoms with Crippen LogP contribution >= 0.6 is 0 Å². The third-order valence-electron chi connectivity index (χ3n) is 4.67. The summed E-state index contributed by atoms with van der Waals surface area (Å²) in [7, 11) is 0. The number of rotatable bonds is 3. The van der Waals surface area contributed by atoms with Crippen LogP contribution in [0.5, 0.6) is 0 Å². The first-order valence-corrected chi connectivity index (χ1v) is 8.52. The summed E-state index contributed by atoms with van der Waals surface area (Å²) in [5.74, 6) is 2.34. The first-order chi connectivity index (χ1) is 11.9. The van der Waals surface area contributed by atoms with Crippen molar-refractivity contribution in [3.05, 3.63) is 66.7 Å². The number of anilines is 1. The van der Waals surface area contributed by atoms with Crippen LogP contribution in [0.3, 0.4) is 0 Å². The average Bonchev–Trinajstić information content (AvgIpc) is 3.07. The van der Waals surface area contributed by atoms with Crippen molar-refractivity contribution in [2.45, 2.75) is 25.2 Å². The van der Waals surface area contributed by atoms with E-state index in [0.29, 0.717) is 5.92 Å². The van der Waals surface area contributed by atoms with Gasteiger partial charge < -0.3 is 4.90 Å². The molecule has 0 radical (unpaired) electrons. The van der Waals surface area contributed by atoms with E-state index in [1.165, 1.54) is 18.4 Å². The molecule has 5 nitrogen and oxygen atoms in total. The highest BCUT2D eigenvalue weighted by molar-refractivity contribution is 5.39. The number of nitrogens with zero attached hydrogens (tertiary/aromatic N) is 5. The maximum absolute atomic E-state index is 4.74. The van der Waals surface area contributed by atoms with Crippen molar-refractivity contribution in [3.63, 3.8) is 0 Å². The summed E-state index contributed by atoms with van der Waals surface area (Å²) in [5.41, 5.74) is 1.45. The molecule has 1 saturated heterocycles. The smallest absolute Gasteiger partial charge is 0.173 e. The summed E-state index contributed by atoms with van der Waals surface area (Å²) >= 11 is 0. The lowest BCUT2D eigenvalue weighted by atomic mass is 9.92. The first kappa shape index (κ1) is 14.9. The van der Waals surface area contributed by atoms with Gasteiger partial charge in [0.1, 0.15) is 5.82 Å². The first-order valence-electron chi connectivity index (χ1n) is 8.52. The van der Waals surface area contributed by atoms with E-state index in [1.807, 2.05) is 18.5 Å². The van der Waals surface area contributed by atoms with Crippen molar-refractivity contribution in [2.24, 2.45) is 0 Å². The second-order valence-electron chi connectivity index (χ2n) is 6.21. The van der Waals surface area contributed by atoms with Crippen molar-refractivity contribution < 1.29 is 0 Å². The van der Waals surface area contributed by atoms with Gasteiger partial charge in [0.15, 0.2) is 5.82 Å². The van der Waals surface area contributed by atoms with E-state index in [2.05, 4.69) is 45.3 Å². The summed E-state index contributed by atoms with van der Waals surface area (Å²) in [6.45, 7) is 2.04. The van der Waals surface area contributed by atoms with Crippen molar-refractivity contribution >= 4 is 5.82 Å². The van der Waals surface area contributed by atoms with E-state index in [4.69, 9.17) is 4.98 Å². The predicted molar refractivity (Wildman–Crippen MR) is 94.4 cm³/mol. The summed E-state index contributed by atoms with van der Waals surface area (Å²) in [6, 6.07) is 12.7. The SMILES string of the molecule is c1ccc(C2CCCN(c3cncc(-n4cccn4)n3)CC2)cc1. The van der Waals surface area contributed by atoms with Crippen LogP contribution in [-0.4, -0.2) is 32.8 Å². The van der Waals surface area contributed by atoms with Gasteiger partial charge in [-0.2, -0.15) is 5.10 Å². The molecule has 0 bridgehead atoms. The van der Waals surface area contributed by atoms with Gasteiger partial charge in [-0.3, -0.25) is 4.98 Å². The maximum Gasteiger partial charge on any atom is 0.173 e. The molecule has 0 amide bonds. The fourth-order valence-corrected chi connectivity index (χ4v) is 3.40. The molecule has 1 fully saturated rings. The van der Waals surface area contributed by atoms with Crippen LogP contribution < -0.4 is 4.90 Å². The minimum absolute atomic E-state index is 0.637. The van der Waals surface area contributed by atoms with E-state index in [0.717, 1.165) is 31.1 Å². The van der Waals surface area contributed by atoms with Gasteiger partial charge in [-0.1, -0.05) is 30.3 Å². The van der Waals surface area contributed by atoms with Crippen molar-refractivity contribution in [1.29, 1.82) is 0 Å². The Kier molecular flexibility index (Phi) is 4.23. The van der Waals surface area contributed by atoms with E-state index in [-0.39, 0.29) is 0 Å². The zero-order valence-corrected chi connectivity index (χ0v) is 13.6. The number of hydrogen-bond acceptors (Lipinski definition) is 4.